The number of hydrogen-bond acceptors (Lipinski definition) is 9. The summed E-state index contributed by atoms with van der Waals surface area (Å²) in [4.78, 5) is 43.5. The van der Waals surface area contributed by atoms with E-state index in [2.05, 4.69) is 0 Å². The van der Waals surface area contributed by atoms with Gasteiger partial charge in [-0.15, -0.1) is 0 Å². The smallest absolute Gasteiger partial charge is 0.310 e. The fraction of sp³-hybridized carbons (Fsp3) is 0.765. The summed E-state index contributed by atoms with van der Waals surface area (Å²) in [7, 11) is 0. The van der Waals surface area contributed by atoms with Crippen molar-refractivity contribution in [1.82, 2.24) is 0 Å². The molecule has 13 nitrogen and oxygen atoms in total. The number of aliphatic hydroxyl groups is 3. The van der Waals surface area contributed by atoms with Crippen LogP contribution in [-0.4, -0.2) is 102 Å². The Hall–Kier alpha value is -2.32. The second-order valence-electron chi connectivity index (χ2n) is 7.92. The summed E-state index contributed by atoms with van der Waals surface area (Å²) < 4.78 is 10.2. The van der Waals surface area contributed by atoms with Gasteiger partial charge in [-0.25, -0.2) is 0 Å². The third-order valence-corrected chi connectivity index (χ3v) is 6.38. The molecule has 0 aliphatic carbocycles. The van der Waals surface area contributed by atoms with Crippen molar-refractivity contribution in [3.8, 4) is 0 Å². The van der Waals surface area contributed by atoms with Crippen molar-refractivity contribution in [1.29, 1.82) is 0 Å². The SMILES string of the molecule is C[C@H]1C(O)C2O[C@H]1C(C(=O)O)C2C(=O)O.O=C(O)C1C2O[C@@H](C1C(=O)O)[C@@H](O)C2O. The Bertz CT molecular complexity index is 630. The predicted octanol–water partition coefficient (Wildman–Crippen LogP) is -2.94. The highest BCUT2D eigenvalue weighted by Crippen LogP contribution is 2.47. The fourth-order valence-corrected chi connectivity index (χ4v) is 4.91. The first kappa shape index (κ1) is 22.4. The van der Waals surface area contributed by atoms with E-state index in [9.17, 15) is 34.5 Å². The van der Waals surface area contributed by atoms with E-state index in [1.807, 2.05) is 0 Å². The van der Waals surface area contributed by atoms with Gasteiger partial charge < -0.3 is 45.2 Å². The van der Waals surface area contributed by atoms with E-state index in [0.717, 1.165) is 0 Å². The zero-order valence-electron chi connectivity index (χ0n) is 15.5. The summed E-state index contributed by atoms with van der Waals surface area (Å²) in [6.45, 7) is 1.67. The maximum Gasteiger partial charge on any atom is 0.310 e. The molecule has 30 heavy (non-hydrogen) atoms. The molecular formula is C17H22O13. The highest BCUT2D eigenvalue weighted by atomic mass is 16.6. The first-order valence-corrected chi connectivity index (χ1v) is 9.16. The van der Waals surface area contributed by atoms with Gasteiger partial charge in [-0.2, -0.15) is 0 Å². The Morgan fingerprint density at radius 2 is 0.800 bits per heavy atom. The first-order valence-electron chi connectivity index (χ1n) is 9.16. The molecule has 0 aromatic carbocycles. The zero-order valence-corrected chi connectivity index (χ0v) is 15.5. The van der Waals surface area contributed by atoms with Crippen LogP contribution in [0.5, 0.6) is 0 Å². The average molecular weight is 434 g/mol. The standard InChI is InChI=1S/C9H12O6.C8H10O7/c1-2-5(10)7-4(9(13)14)3(8(11)12)6(2)15-7;9-3-4(10)6-2(8(13)14)1(7(11)12)5(3)15-6/h2-7,10H,1H3,(H,11,12)(H,13,14);1-6,9-10H,(H,11,12)(H,13,14)/t2-,3?,4?,5?,6+,7?;1?,2?,3-,4?,5-,6?/m00/s1. The maximum absolute atomic E-state index is 10.9. The van der Waals surface area contributed by atoms with E-state index in [4.69, 9.17) is 29.9 Å². The Labute approximate surface area is 168 Å². The van der Waals surface area contributed by atoms with E-state index in [1.165, 1.54) is 0 Å². The van der Waals surface area contributed by atoms with E-state index in [1.54, 1.807) is 6.92 Å². The molecule has 8 unspecified atom stereocenters. The van der Waals surface area contributed by atoms with Gasteiger partial charge in [0.2, 0.25) is 0 Å². The molecule has 0 aromatic heterocycles. The van der Waals surface area contributed by atoms with E-state index < -0.39 is 90.3 Å². The monoisotopic (exact) mass is 434 g/mol. The summed E-state index contributed by atoms with van der Waals surface area (Å²) >= 11 is 0. The second kappa shape index (κ2) is 7.74. The van der Waals surface area contributed by atoms with Gasteiger partial charge >= 0.3 is 23.9 Å². The molecule has 4 fully saturated rings. The van der Waals surface area contributed by atoms with Crippen molar-refractivity contribution in [2.75, 3.05) is 0 Å². The molecule has 4 saturated heterocycles. The minimum Gasteiger partial charge on any atom is -0.481 e. The predicted molar refractivity (Wildman–Crippen MR) is 89.0 cm³/mol. The van der Waals surface area contributed by atoms with Crippen LogP contribution in [0.3, 0.4) is 0 Å². The van der Waals surface area contributed by atoms with Crippen LogP contribution in [0.4, 0.5) is 0 Å². The zero-order chi connectivity index (χ0) is 22.7. The van der Waals surface area contributed by atoms with Crippen LogP contribution in [-0.2, 0) is 28.7 Å². The Kier molecular flexibility index (Phi) is 5.77. The van der Waals surface area contributed by atoms with Crippen molar-refractivity contribution >= 4 is 23.9 Å². The lowest BCUT2D eigenvalue weighted by atomic mass is 9.73. The highest BCUT2D eigenvalue weighted by Gasteiger charge is 2.64. The van der Waals surface area contributed by atoms with Gasteiger partial charge in [0, 0.05) is 5.92 Å². The summed E-state index contributed by atoms with van der Waals surface area (Å²) in [5.41, 5.74) is 0. The van der Waals surface area contributed by atoms with Crippen LogP contribution >= 0.6 is 0 Å². The number of ether oxygens (including phenoxy) is 2. The maximum atomic E-state index is 10.9. The van der Waals surface area contributed by atoms with Crippen LogP contribution in [0.1, 0.15) is 6.92 Å². The summed E-state index contributed by atoms with van der Waals surface area (Å²) in [5.74, 6) is -10.2. The lowest BCUT2D eigenvalue weighted by Crippen LogP contribution is -2.51. The van der Waals surface area contributed by atoms with Crippen molar-refractivity contribution in [2.24, 2.45) is 29.6 Å². The molecular weight excluding hydrogens is 412 g/mol. The van der Waals surface area contributed by atoms with E-state index in [-0.39, 0.29) is 5.92 Å². The number of hydrogen-bond donors (Lipinski definition) is 7. The molecule has 4 heterocycles. The minimum atomic E-state index is -1.33. The average Bonchev–Trinajstić information content (AvgIpc) is 3.36. The molecule has 0 radical (unpaired) electrons. The third kappa shape index (κ3) is 3.22. The number of aliphatic hydroxyl groups excluding tert-OH is 3. The normalized spacial score (nSPS) is 48.1. The fourth-order valence-electron chi connectivity index (χ4n) is 4.91. The Morgan fingerprint density at radius 1 is 0.533 bits per heavy atom. The third-order valence-electron chi connectivity index (χ3n) is 6.38. The molecule has 12 atom stereocenters. The lowest BCUT2D eigenvalue weighted by molar-refractivity contribution is -0.158. The molecule has 0 amide bonds. The molecule has 7 N–H and O–H groups in total. The van der Waals surface area contributed by atoms with Crippen LogP contribution in [0.2, 0.25) is 0 Å². The summed E-state index contributed by atoms with van der Waals surface area (Å²) in [6.07, 6.45) is -7.38. The molecule has 0 spiro atoms. The molecule has 4 bridgehead atoms. The molecule has 0 aromatic rings. The van der Waals surface area contributed by atoms with E-state index in [0.29, 0.717) is 0 Å². The van der Waals surface area contributed by atoms with Crippen molar-refractivity contribution in [3.63, 3.8) is 0 Å². The number of carboxylic acid groups (broad SMARTS) is 4. The van der Waals surface area contributed by atoms with Crippen molar-refractivity contribution in [2.45, 2.75) is 49.7 Å². The molecule has 4 rings (SSSR count). The van der Waals surface area contributed by atoms with Crippen molar-refractivity contribution < 1.29 is 64.4 Å². The molecule has 168 valence electrons. The Morgan fingerprint density at radius 3 is 1.13 bits per heavy atom. The topological polar surface area (TPSA) is 228 Å². The lowest BCUT2D eigenvalue weighted by Gasteiger charge is -2.29. The van der Waals surface area contributed by atoms with Crippen molar-refractivity contribution in [3.05, 3.63) is 0 Å². The number of carboxylic acids is 4. The van der Waals surface area contributed by atoms with Gasteiger partial charge in [0.05, 0.1) is 24.2 Å². The van der Waals surface area contributed by atoms with Crippen LogP contribution < -0.4 is 0 Å². The number of fused-ring (bicyclic) bond motifs is 4. The number of carbonyl (C=O) groups is 4. The van der Waals surface area contributed by atoms with Gasteiger partial charge in [-0.05, 0) is 0 Å². The van der Waals surface area contributed by atoms with Gasteiger partial charge in [-0.1, -0.05) is 6.92 Å². The summed E-state index contributed by atoms with van der Waals surface area (Å²) in [5, 5.41) is 63.9. The van der Waals surface area contributed by atoms with Gasteiger partial charge in [-0.3, -0.25) is 19.2 Å². The minimum absolute atomic E-state index is 0.327. The van der Waals surface area contributed by atoms with Crippen LogP contribution in [0, 0.1) is 29.6 Å². The Balaban J connectivity index is 0.000000171. The number of rotatable bonds is 4. The molecule has 4 aliphatic rings. The largest absolute Gasteiger partial charge is 0.481 e. The quantitative estimate of drug-likeness (QED) is 0.235. The van der Waals surface area contributed by atoms with E-state index >= 15 is 0 Å². The van der Waals surface area contributed by atoms with Crippen LogP contribution in [0.25, 0.3) is 0 Å². The highest BCUT2D eigenvalue weighted by molar-refractivity contribution is 5.83. The molecule has 4 aliphatic heterocycles. The van der Waals surface area contributed by atoms with Gasteiger partial charge in [0.15, 0.2) is 0 Å². The molecule has 13 heteroatoms. The van der Waals surface area contributed by atoms with Crippen LogP contribution in [0.15, 0.2) is 0 Å². The molecule has 0 saturated carbocycles. The number of aliphatic carboxylic acids is 4. The second-order valence-corrected chi connectivity index (χ2v) is 7.92. The first-order chi connectivity index (χ1) is 13.9. The van der Waals surface area contributed by atoms with Gasteiger partial charge in [0.25, 0.3) is 0 Å². The van der Waals surface area contributed by atoms with Gasteiger partial charge in [0.1, 0.15) is 42.2 Å². The summed E-state index contributed by atoms with van der Waals surface area (Å²) in [6, 6.07) is 0.